The van der Waals surface area contributed by atoms with Crippen LogP contribution in [-0.2, 0) is 21.7 Å². The van der Waals surface area contributed by atoms with Crippen LogP contribution in [0.25, 0.3) is 5.69 Å². The molecule has 0 bridgehead atoms. The normalized spacial score (nSPS) is 18.1. The molecule has 3 aromatic carbocycles. The van der Waals surface area contributed by atoms with E-state index in [4.69, 9.17) is 14.2 Å². The number of anilines is 2. The van der Waals surface area contributed by atoms with Crippen LogP contribution in [0.2, 0.25) is 0 Å². The summed E-state index contributed by atoms with van der Waals surface area (Å²) < 4.78 is 22.1. The van der Waals surface area contributed by atoms with Gasteiger partial charge in [0.1, 0.15) is 24.8 Å². The van der Waals surface area contributed by atoms with Crippen molar-refractivity contribution < 1.29 is 14.2 Å². The number of aromatic nitrogens is 5. The summed E-state index contributed by atoms with van der Waals surface area (Å²) in [5, 5.41) is 19.0. The van der Waals surface area contributed by atoms with Crippen LogP contribution in [0, 0.1) is 6.92 Å². The van der Waals surface area contributed by atoms with E-state index in [2.05, 4.69) is 45.0 Å². The third kappa shape index (κ3) is 7.70. The zero-order chi connectivity index (χ0) is 32.6. The van der Waals surface area contributed by atoms with Gasteiger partial charge in [0, 0.05) is 42.6 Å². The highest BCUT2D eigenvalue weighted by atomic mass is 16.8. The molecular weight excluding hydrogens is 594 g/mol. The molecule has 0 spiro atoms. The number of benzene rings is 3. The topological polar surface area (TPSA) is 117 Å². The first-order valence-corrected chi connectivity index (χ1v) is 16.0. The highest BCUT2D eigenvalue weighted by Gasteiger charge is 2.43. The molecule has 6 rings (SSSR count). The van der Waals surface area contributed by atoms with Crippen LogP contribution in [0.1, 0.15) is 43.0 Å². The molecule has 1 aliphatic heterocycles. The van der Waals surface area contributed by atoms with Gasteiger partial charge in [0.2, 0.25) is 0 Å². The minimum Gasteiger partial charge on any atom is -0.491 e. The summed E-state index contributed by atoms with van der Waals surface area (Å²) in [6.07, 6.45) is 6.14. The average Bonchev–Trinajstić information content (AvgIpc) is 3.70. The van der Waals surface area contributed by atoms with Crippen LogP contribution in [0.15, 0.2) is 102 Å². The van der Waals surface area contributed by atoms with E-state index in [1.165, 1.54) is 4.68 Å². The van der Waals surface area contributed by atoms with Crippen LogP contribution < -0.4 is 21.1 Å². The summed E-state index contributed by atoms with van der Waals surface area (Å²) in [7, 11) is 0. The largest absolute Gasteiger partial charge is 0.491 e. The molecule has 1 saturated heterocycles. The fourth-order valence-corrected chi connectivity index (χ4v) is 5.55. The number of aryl methyl sites for hydroxylation is 1. The maximum Gasteiger partial charge on any atom is 0.350 e. The highest BCUT2D eigenvalue weighted by Crippen LogP contribution is 2.38. The first-order valence-electron chi connectivity index (χ1n) is 16.0. The zero-order valence-corrected chi connectivity index (χ0v) is 27.0. The Morgan fingerprint density at radius 2 is 1.74 bits per heavy atom. The molecule has 11 heteroatoms. The molecule has 2 N–H and O–H groups in total. The maximum atomic E-state index is 12.7. The molecule has 3 heterocycles. The molecule has 1 unspecified atom stereocenters. The lowest BCUT2D eigenvalue weighted by molar-refractivity contribution is -0.178. The molecule has 1 fully saturated rings. The van der Waals surface area contributed by atoms with Crippen molar-refractivity contribution >= 4 is 11.4 Å². The lowest BCUT2D eigenvalue weighted by Gasteiger charge is -2.29. The van der Waals surface area contributed by atoms with E-state index in [9.17, 15) is 4.79 Å². The first-order chi connectivity index (χ1) is 22.9. The Morgan fingerprint density at radius 1 is 1.00 bits per heavy atom. The molecule has 0 aliphatic carbocycles. The van der Waals surface area contributed by atoms with Gasteiger partial charge in [0.25, 0.3) is 0 Å². The van der Waals surface area contributed by atoms with Gasteiger partial charge in [-0.3, -0.25) is 0 Å². The van der Waals surface area contributed by atoms with Crippen LogP contribution in [0.4, 0.5) is 11.4 Å². The summed E-state index contributed by atoms with van der Waals surface area (Å²) in [6, 6.07) is 25.9. The predicted octanol–water partition coefficient (Wildman–Crippen LogP) is 5.52. The second-order valence-electron chi connectivity index (χ2n) is 11.8. The zero-order valence-electron chi connectivity index (χ0n) is 27.0. The van der Waals surface area contributed by atoms with Crippen LogP contribution >= 0.6 is 0 Å². The van der Waals surface area contributed by atoms with Gasteiger partial charge in [0.15, 0.2) is 5.79 Å². The second-order valence-corrected chi connectivity index (χ2v) is 11.8. The van der Waals surface area contributed by atoms with Gasteiger partial charge in [0.05, 0.1) is 24.5 Å². The summed E-state index contributed by atoms with van der Waals surface area (Å²) >= 11 is 0. The van der Waals surface area contributed by atoms with Crippen molar-refractivity contribution in [3.05, 3.63) is 125 Å². The summed E-state index contributed by atoms with van der Waals surface area (Å²) in [6.45, 7) is 8.33. The van der Waals surface area contributed by atoms with E-state index >= 15 is 0 Å². The number of hydrogen-bond acceptors (Lipinski definition) is 9. The highest BCUT2D eigenvalue weighted by molar-refractivity contribution is 5.50. The Kier molecular flexibility index (Phi) is 9.94. The molecule has 0 amide bonds. The summed E-state index contributed by atoms with van der Waals surface area (Å²) in [5.74, 6) is -0.151. The van der Waals surface area contributed by atoms with E-state index in [0.29, 0.717) is 19.6 Å². The Labute approximate surface area is 274 Å². The van der Waals surface area contributed by atoms with E-state index in [0.717, 1.165) is 59.0 Å². The lowest BCUT2D eigenvalue weighted by atomic mass is 9.97. The molecule has 0 saturated carbocycles. The smallest absolute Gasteiger partial charge is 0.350 e. The third-order valence-electron chi connectivity index (χ3n) is 8.32. The first kappa shape index (κ1) is 32.0. The molecule has 244 valence electrons. The number of nitrogens with zero attached hydrogens (tertiary/aromatic N) is 5. The second kappa shape index (κ2) is 14.6. The molecule has 3 atom stereocenters. The van der Waals surface area contributed by atoms with Crippen molar-refractivity contribution in [2.75, 3.05) is 36.9 Å². The van der Waals surface area contributed by atoms with Crippen molar-refractivity contribution in [3.63, 3.8) is 0 Å². The van der Waals surface area contributed by atoms with Crippen molar-refractivity contribution in [2.45, 2.75) is 51.5 Å². The Morgan fingerprint density at radius 3 is 2.43 bits per heavy atom. The summed E-state index contributed by atoms with van der Waals surface area (Å²) in [4.78, 5) is 12.7. The minimum atomic E-state index is -0.913. The Hall–Kier alpha value is -5.00. The minimum absolute atomic E-state index is 0.0651. The van der Waals surface area contributed by atoms with Crippen molar-refractivity contribution in [3.8, 4) is 11.4 Å². The number of ether oxygens (including phenoxy) is 3. The maximum absolute atomic E-state index is 12.7. The molecule has 0 radical (unpaired) electrons. The Bertz CT molecular complexity index is 1790. The van der Waals surface area contributed by atoms with Crippen LogP contribution in [0.3, 0.4) is 0 Å². The third-order valence-corrected chi connectivity index (χ3v) is 8.32. The van der Waals surface area contributed by atoms with Gasteiger partial charge in [-0.05, 0) is 80.4 Å². The van der Waals surface area contributed by atoms with Crippen molar-refractivity contribution in [1.29, 1.82) is 0 Å². The van der Waals surface area contributed by atoms with Crippen LogP contribution in [0.5, 0.6) is 5.75 Å². The van der Waals surface area contributed by atoms with Gasteiger partial charge in [-0.2, -0.15) is 15.3 Å². The molecule has 47 heavy (non-hydrogen) atoms. The number of hydrogen-bond donors (Lipinski definition) is 2. The van der Waals surface area contributed by atoms with Gasteiger partial charge in [-0.1, -0.05) is 36.8 Å². The fourth-order valence-electron chi connectivity index (χ4n) is 5.55. The van der Waals surface area contributed by atoms with E-state index in [-0.39, 0.29) is 17.8 Å². The Balaban J connectivity index is 0.964. The monoisotopic (exact) mass is 635 g/mol. The molecule has 2 aromatic heterocycles. The van der Waals surface area contributed by atoms with Gasteiger partial charge in [-0.25, -0.2) is 14.0 Å². The average molecular weight is 636 g/mol. The van der Waals surface area contributed by atoms with E-state index < -0.39 is 5.79 Å². The van der Waals surface area contributed by atoms with E-state index in [1.807, 2.05) is 80.6 Å². The van der Waals surface area contributed by atoms with Crippen molar-refractivity contribution in [2.24, 2.45) is 0 Å². The lowest BCUT2D eigenvalue weighted by Crippen LogP contribution is -2.32. The fraction of sp³-hybridized carbons (Fsp3) is 0.333. The van der Waals surface area contributed by atoms with Gasteiger partial charge < -0.3 is 24.8 Å². The molecule has 11 nitrogen and oxygen atoms in total. The van der Waals surface area contributed by atoms with Crippen LogP contribution in [-0.4, -0.2) is 57.0 Å². The van der Waals surface area contributed by atoms with Crippen molar-refractivity contribution in [1.82, 2.24) is 24.5 Å². The van der Waals surface area contributed by atoms with E-state index in [1.54, 1.807) is 23.3 Å². The standard InChI is InChI=1S/C36H41N7O4/c1-4-27(3)43-35(44)42(25-41-43)32-12-8-30(9-13-32)37-18-19-38-31-10-14-33(15-11-31)45-23-34-24-46-36(47-34,21-28-16-17-39-40-22-28)29-7-5-6-26(2)20-29/h5-17,20,22,25,27,34,37-38H,4,18-19,21,23-24H2,1-3H3/t27?,34-,36+/m1/s1. The number of rotatable bonds is 14. The molecule has 1 aliphatic rings. The predicted molar refractivity (Wildman–Crippen MR) is 181 cm³/mol. The SMILES string of the molecule is CCC(C)n1ncn(-c2ccc(NCCNc3ccc(OC[C@@H]4CO[C@](Cc5ccnnc5)(c5cccc(C)c5)O4)cc3)cc2)c1=O. The van der Waals surface area contributed by atoms with Gasteiger partial charge >= 0.3 is 5.69 Å². The molecule has 5 aromatic rings. The number of nitrogens with one attached hydrogen (secondary N) is 2. The summed E-state index contributed by atoms with van der Waals surface area (Å²) in [5.41, 5.74) is 5.73. The molecular formula is C36H41N7O4. The van der Waals surface area contributed by atoms with Gasteiger partial charge in [-0.15, -0.1) is 0 Å². The quantitative estimate of drug-likeness (QED) is 0.152.